The Morgan fingerprint density at radius 3 is 2.74 bits per heavy atom. The summed E-state index contributed by atoms with van der Waals surface area (Å²) in [6.07, 6.45) is 4.96. The fourth-order valence-electron chi connectivity index (χ4n) is 3.37. The maximum atomic E-state index is 13.2. The lowest BCUT2D eigenvalue weighted by atomic mass is 10.2. The third kappa shape index (κ3) is 2.30. The summed E-state index contributed by atoms with van der Waals surface area (Å²) >= 11 is 0. The van der Waals surface area contributed by atoms with Crippen molar-refractivity contribution in [2.45, 2.75) is 19.9 Å². The number of benzene rings is 1. The van der Waals surface area contributed by atoms with Gasteiger partial charge >= 0.3 is 0 Å². The monoisotopic (exact) mass is 359 g/mol. The Labute approximate surface area is 153 Å². The summed E-state index contributed by atoms with van der Waals surface area (Å²) in [4.78, 5) is 28.0. The summed E-state index contributed by atoms with van der Waals surface area (Å²) < 4.78 is 3.24. The molecule has 0 amide bonds. The fourth-order valence-corrected chi connectivity index (χ4v) is 3.37. The van der Waals surface area contributed by atoms with Gasteiger partial charge in [-0.25, -0.2) is 14.5 Å². The molecule has 0 aliphatic carbocycles. The van der Waals surface area contributed by atoms with Gasteiger partial charge in [0.05, 0.1) is 18.2 Å². The van der Waals surface area contributed by atoms with E-state index in [0.717, 1.165) is 16.6 Å². The number of H-pyrrole nitrogens is 2. The van der Waals surface area contributed by atoms with Crippen molar-refractivity contribution in [3.8, 4) is 22.9 Å². The van der Waals surface area contributed by atoms with Crippen LogP contribution in [0.3, 0.4) is 0 Å². The average Bonchev–Trinajstić information content (AvgIpc) is 3.39. The van der Waals surface area contributed by atoms with Crippen LogP contribution in [0.5, 0.6) is 0 Å². The zero-order chi connectivity index (χ0) is 18.5. The molecule has 8 nitrogen and oxygen atoms in total. The van der Waals surface area contributed by atoms with Crippen molar-refractivity contribution in [2.75, 3.05) is 0 Å². The van der Waals surface area contributed by atoms with Gasteiger partial charge in [0, 0.05) is 23.1 Å². The molecule has 27 heavy (non-hydrogen) atoms. The Kier molecular flexibility index (Phi) is 3.27. The molecule has 0 spiro atoms. The minimum Gasteiger partial charge on any atom is -0.352 e. The van der Waals surface area contributed by atoms with Crippen molar-refractivity contribution in [3.05, 3.63) is 59.4 Å². The van der Waals surface area contributed by atoms with Crippen molar-refractivity contribution in [2.24, 2.45) is 0 Å². The summed E-state index contributed by atoms with van der Waals surface area (Å²) in [6.45, 7) is 3.92. The zero-order valence-electron chi connectivity index (χ0n) is 14.8. The number of nitrogens with zero attached hydrogens (tertiary/aromatic N) is 5. The molecule has 0 fully saturated rings. The quantitative estimate of drug-likeness (QED) is 0.517. The van der Waals surface area contributed by atoms with Crippen LogP contribution in [0.4, 0.5) is 0 Å². The van der Waals surface area contributed by atoms with E-state index in [1.165, 1.54) is 0 Å². The highest BCUT2D eigenvalue weighted by atomic mass is 16.1. The normalized spacial score (nSPS) is 11.8. The van der Waals surface area contributed by atoms with E-state index in [-0.39, 0.29) is 17.2 Å². The van der Waals surface area contributed by atoms with Gasteiger partial charge < -0.3 is 9.97 Å². The molecule has 2 N–H and O–H groups in total. The van der Waals surface area contributed by atoms with E-state index in [2.05, 4.69) is 19.9 Å². The highest BCUT2D eigenvalue weighted by molar-refractivity contribution is 5.84. The number of nitrogens with one attached hydrogen (secondary N) is 2. The van der Waals surface area contributed by atoms with Crippen LogP contribution in [-0.2, 0) is 0 Å². The van der Waals surface area contributed by atoms with Crippen LogP contribution in [0.25, 0.3) is 39.5 Å². The molecule has 8 heteroatoms. The van der Waals surface area contributed by atoms with E-state index in [4.69, 9.17) is 5.10 Å². The van der Waals surface area contributed by atoms with Crippen LogP contribution < -0.4 is 5.56 Å². The molecule has 0 atom stereocenters. The molecule has 0 bridgehead atoms. The van der Waals surface area contributed by atoms with Gasteiger partial charge in [-0.1, -0.05) is 18.2 Å². The SMILES string of the molecule is CC(C)n1c(-c2cc3ccccc3[nH]2)nn2c(-c3c[nH]cn3)cnc2c1=O. The zero-order valence-corrected chi connectivity index (χ0v) is 14.8. The van der Waals surface area contributed by atoms with Crippen LogP contribution in [0.1, 0.15) is 19.9 Å². The first-order chi connectivity index (χ1) is 13.1. The van der Waals surface area contributed by atoms with Gasteiger partial charge in [0.15, 0.2) is 5.82 Å². The van der Waals surface area contributed by atoms with Crippen molar-refractivity contribution < 1.29 is 0 Å². The third-order valence-electron chi connectivity index (χ3n) is 4.62. The Bertz CT molecular complexity index is 1290. The first kappa shape index (κ1) is 15.6. The first-order valence-electron chi connectivity index (χ1n) is 8.71. The maximum absolute atomic E-state index is 13.2. The van der Waals surface area contributed by atoms with E-state index >= 15 is 0 Å². The van der Waals surface area contributed by atoms with Crippen molar-refractivity contribution in [1.29, 1.82) is 0 Å². The third-order valence-corrected chi connectivity index (χ3v) is 4.62. The molecule has 0 aliphatic heterocycles. The molecule has 0 unspecified atom stereocenters. The molecule has 5 aromatic rings. The van der Waals surface area contributed by atoms with E-state index < -0.39 is 0 Å². The molecule has 0 radical (unpaired) electrons. The average molecular weight is 359 g/mol. The van der Waals surface area contributed by atoms with Crippen LogP contribution in [-0.4, -0.2) is 34.1 Å². The topological polar surface area (TPSA) is 96.7 Å². The molecule has 1 aromatic carbocycles. The predicted molar refractivity (Wildman–Crippen MR) is 103 cm³/mol. The van der Waals surface area contributed by atoms with Crippen LogP contribution in [0.15, 0.2) is 53.8 Å². The van der Waals surface area contributed by atoms with Gasteiger partial charge in [-0.15, -0.1) is 5.10 Å². The van der Waals surface area contributed by atoms with Crippen molar-refractivity contribution in [1.82, 2.24) is 34.1 Å². The smallest absolute Gasteiger partial charge is 0.297 e. The second kappa shape index (κ2) is 5.66. The Hall–Kier alpha value is -3.68. The summed E-state index contributed by atoms with van der Waals surface area (Å²) in [5.74, 6) is 0.563. The summed E-state index contributed by atoms with van der Waals surface area (Å²) in [6, 6.07) is 9.92. The second-order valence-electron chi connectivity index (χ2n) is 6.70. The minimum atomic E-state index is -0.185. The highest BCUT2D eigenvalue weighted by Crippen LogP contribution is 2.25. The second-order valence-corrected chi connectivity index (χ2v) is 6.70. The molecule has 0 saturated carbocycles. The predicted octanol–water partition coefficient (Wildman–Crippen LogP) is 3.01. The lowest BCUT2D eigenvalue weighted by molar-refractivity contribution is 0.565. The number of hydrogen-bond donors (Lipinski definition) is 2. The van der Waals surface area contributed by atoms with E-state index in [1.807, 2.05) is 44.2 Å². The molecular weight excluding hydrogens is 342 g/mol. The molecule has 4 heterocycles. The van der Waals surface area contributed by atoms with Crippen LogP contribution >= 0.6 is 0 Å². The van der Waals surface area contributed by atoms with Gasteiger partial charge in [0.2, 0.25) is 5.65 Å². The fraction of sp³-hybridized carbons (Fsp3) is 0.158. The highest BCUT2D eigenvalue weighted by Gasteiger charge is 2.20. The van der Waals surface area contributed by atoms with Crippen LogP contribution in [0, 0.1) is 0 Å². The summed E-state index contributed by atoms with van der Waals surface area (Å²) in [5, 5.41) is 5.84. The first-order valence-corrected chi connectivity index (χ1v) is 8.71. The number of imidazole rings is 2. The number of fused-ring (bicyclic) bond motifs is 2. The van der Waals surface area contributed by atoms with Crippen molar-refractivity contribution >= 4 is 16.6 Å². The molecule has 5 rings (SSSR count). The van der Waals surface area contributed by atoms with E-state index in [0.29, 0.717) is 17.2 Å². The molecular formula is C19H17N7O. The minimum absolute atomic E-state index is 0.0676. The summed E-state index contributed by atoms with van der Waals surface area (Å²) in [7, 11) is 0. The largest absolute Gasteiger partial charge is 0.352 e. The number of para-hydroxylation sites is 1. The van der Waals surface area contributed by atoms with E-state index in [9.17, 15) is 4.79 Å². The molecule has 4 aromatic heterocycles. The van der Waals surface area contributed by atoms with Gasteiger partial charge in [-0.05, 0) is 26.0 Å². The van der Waals surface area contributed by atoms with Crippen molar-refractivity contribution in [3.63, 3.8) is 0 Å². The molecule has 0 aliphatic rings. The number of aromatic nitrogens is 7. The number of aromatic amines is 2. The molecule has 0 saturated heterocycles. The van der Waals surface area contributed by atoms with Gasteiger partial charge in [0.1, 0.15) is 11.4 Å². The Balaban J connectivity index is 1.85. The van der Waals surface area contributed by atoms with Gasteiger partial charge in [-0.2, -0.15) is 0 Å². The lowest BCUT2D eigenvalue weighted by Gasteiger charge is -2.15. The van der Waals surface area contributed by atoms with E-state index in [1.54, 1.807) is 27.8 Å². The Morgan fingerprint density at radius 1 is 1.15 bits per heavy atom. The van der Waals surface area contributed by atoms with Crippen LogP contribution in [0.2, 0.25) is 0 Å². The lowest BCUT2D eigenvalue weighted by Crippen LogP contribution is -2.28. The van der Waals surface area contributed by atoms with Gasteiger partial charge in [0.25, 0.3) is 5.56 Å². The Morgan fingerprint density at radius 2 is 2.00 bits per heavy atom. The summed E-state index contributed by atoms with van der Waals surface area (Å²) in [5.41, 5.74) is 3.22. The number of hydrogen-bond acceptors (Lipinski definition) is 4. The number of rotatable bonds is 3. The molecule has 134 valence electrons. The van der Waals surface area contributed by atoms with Gasteiger partial charge in [-0.3, -0.25) is 9.36 Å². The standard InChI is InChI=1S/C19H17N7O/c1-11(2)25-17(14-7-12-5-3-4-6-13(12)23-14)24-26-16(15-8-20-10-22-15)9-21-18(26)19(25)27/h3-11,23H,1-2H3,(H,20,22). The maximum Gasteiger partial charge on any atom is 0.297 e.